The van der Waals surface area contributed by atoms with Crippen LogP contribution in [0.2, 0.25) is 0 Å². The second kappa shape index (κ2) is 9.29. The lowest BCUT2D eigenvalue weighted by atomic mass is 9.94. The third-order valence-electron chi connectivity index (χ3n) is 5.34. The van der Waals surface area contributed by atoms with Crippen LogP contribution < -0.4 is 19.7 Å². The predicted octanol–water partition coefficient (Wildman–Crippen LogP) is 3.65. The van der Waals surface area contributed by atoms with Gasteiger partial charge in [-0.05, 0) is 42.5 Å². The molecule has 0 aliphatic carbocycles. The van der Waals surface area contributed by atoms with Crippen molar-refractivity contribution < 1.29 is 19.1 Å². The standard InChI is InChI=1S/C24H31N3O4/c1-24(2,3)23(29)27-14-12-26(13-15-27)19-9-7-18(8-10-19)25-22(28)17-6-11-20(30-4)21(16-17)31-5/h6-11,16H,12-15H2,1-5H3,(H,25,28). The van der Waals surface area contributed by atoms with E-state index in [1.165, 1.54) is 7.11 Å². The molecule has 7 nitrogen and oxygen atoms in total. The SMILES string of the molecule is COc1ccc(C(=O)Nc2ccc(N3CCN(C(=O)C(C)(C)C)CC3)cc2)cc1OC. The van der Waals surface area contributed by atoms with Crippen LogP contribution in [0.15, 0.2) is 42.5 Å². The van der Waals surface area contributed by atoms with Crippen molar-refractivity contribution >= 4 is 23.2 Å². The van der Waals surface area contributed by atoms with Crippen molar-refractivity contribution in [1.82, 2.24) is 4.90 Å². The Balaban J connectivity index is 1.60. The largest absolute Gasteiger partial charge is 0.493 e. The molecule has 1 saturated heterocycles. The molecule has 1 N–H and O–H groups in total. The number of methoxy groups -OCH3 is 2. The molecular formula is C24H31N3O4. The Hall–Kier alpha value is -3.22. The van der Waals surface area contributed by atoms with Crippen LogP contribution in [0.1, 0.15) is 31.1 Å². The summed E-state index contributed by atoms with van der Waals surface area (Å²) in [5.41, 5.74) is 1.93. The molecule has 2 amide bonds. The van der Waals surface area contributed by atoms with Gasteiger partial charge in [0.1, 0.15) is 0 Å². The highest BCUT2D eigenvalue weighted by molar-refractivity contribution is 6.04. The number of hydrogen-bond donors (Lipinski definition) is 1. The van der Waals surface area contributed by atoms with Crippen molar-refractivity contribution in [3.8, 4) is 11.5 Å². The number of benzene rings is 2. The number of nitrogens with one attached hydrogen (secondary N) is 1. The summed E-state index contributed by atoms with van der Waals surface area (Å²) in [7, 11) is 3.10. The molecule has 0 aromatic heterocycles. The number of rotatable bonds is 5. The quantitative estimate of drug-likeness (QED) is 0.792. The lowest BCUT2D eigenvalue weighted by Gasteiger charge is -2.38. The molecule has 1 aliphatic rings. The van der Waals surface area contributed by atoms with E-state index in [-0.39, 0.29) is 17.2 Å². The number of nitrogens with zero attached hydrogens (tertiary/aromatic N) is 2. The summed E-state index contributed by atoms with van der Waals surface area (Å²) in [6.45, 7) is 8.88. The van der Waals surface area contributed by atoms with Gasteiger partial charge in [0, 0.05) is 48.5 Å². The van der Waals surface area contributed by atoms with Crippen LogP contribution in [-0.4, -0.2) is 57.1 Å². The zero-order chi connectivity index (χ0) is 22.6. The number of piperazine rings is 1. The van der Waals surface area contributed by atoms with Gasteiger partial charge < -0.3 is 24.6 Å². The average molecular weight is 426 g/mol. The van der Waals surface area contributed by atoms with Gasteiger partial charge in [0.25, 0.3) is 5.91 Å². The summed E-state index contributed by atoms with van der Waals surface area (Å²) in [5.74, 6) is 1.06. The Labute approximate surface area is 183 Å². The predicted molar refractivity (Wildman–Crippen MR) is 122 cm³/mol. The van der Waals surface area contributed by atoms with E-state index in [4.69, 9.17) is 9.47 Å². The van der Waals surface area contributed by atoms with Gasteiger partial charge >= 0.3 is 0 Å². The fourth-order valence-electron chi connectivity index (χ4n) is 3.58. The van der Waals surface area contributed by atoms with E-state index in [0.717, 1.165) is 18.8 Å². The number of carbonyl (C=O) groups excluding carboxylic acids is 2. The fraction of sp³-hybridized carbons (Fsp3) is 0.417. The van der Waals surface area contributed by atoms with Crippen LogP contribution in [0.5, 0.6) is 11.5 Å². The fourth-order valence-corrected chi connectivity index (χ4v) is 3.58. The summed E-state index contributed by atoms with van der Waals surface area (Å²) < 4.78 is 10.5. The molecule has 2 aromatic rings. The Kier molecular flexibility index (Phi) is 6.73. The first-order chi connectivity index (χ1) is 14.7. The van der Waals surface area contributed by atoms with E-state index in [9.17, 15) is 9.59 Å². The second-order valence-electron chi connectivity index (χ2n) is 8.60. The van der Waals surface area contributed by atoms with Gasteiger partial charge in [-0.15, -0.1) is 0 Å². The molecule has 166 valence electrons. The lowest BCUT2D eigenvalue weighted by molar-refractivity contribution is -0.139. The molecule has 2 aromatic carbocycles. The lowest BCUT2D eigenvalue weighted by Crippen LogP contribution is -2.51. The maximum absolute atomic E-state index is 12.6. The van der Waals surface area contributed by atoms with Crippen molar-refractivity contribution in [2.75, 3.05) is 50.6 Å². The van der Waals surface area contributed by atoms with Crippen LogP contribution in [0, 0.1) is 5.41 Å². The number of carbonyl (C=O) groups is 2. The number of anilines is 2. The Morgan fingerprint density at radius 3 is 2.03 bits per heavy atom. The van der Waals surface area contributed by atoms with Gasteiger partial charge in [0.2, 0.25) is 5.91 Å². The topological polar surface area (TPSA) is 71.1 Å². The molecule has 0 saturated carbocycles. The van der Waals surface area contributed by atoms with Gasteiger partial charge in [0.15, 0.2) is 11.5 Å². The minimum absolute atomic E-state index is 0.195. The first kappa shape index (κ1) is 22.5. The van der Waals surface area contributed by atoms with Crippen molar-refractivity contribution in [2.24, 2.45) is 5.41 Å². The summed E-state index contributed by atoms with van der Waals surface area (Å²) in [5, 5.41) is 2.91. The molecule has 31 heavy (non-hydrogen) atoms. The Bertz CT molecular complexity index is 927. The van der Waals surface area contributed by atoms with E-state index in [0.29, 0.717) is 35.8 Å². The monoisotopic (exact) mass is 425 g/mol. The van der Waals surface area contributed by atoms with Gasteiger partial charge in [-0.1, -0.05) is 20.8 Å². The van der Waals surface area contributed by atoms with E-state index in [1.807, 2.05) is 49.9 Å². The van der Waals surface area contributed by atoms with Crippen LogP contribution in [0.3, 0.4) is 0 Å². The molecule has 0 radical (unpaired) electrons. The van der Waals surface area contributed by atoms with Crippen molar-refractivity contribution in [2.45, 2.75) is 20.8 Å². The molecule has 0 spiro atoms. The smallest absolute Gasteiger partial charge is 0.255 e. The zero-order valence-electron chi connectivity index (χ0n) is 18.9. The highest BCUT2D eigenvalue weighted by Crippen LogP contribution is 2.28. The van der Waals surface area contributed by atoms with E-state index in [1.54, 1.807) is 25.3 Å². The molecule has 1 fully saturated rings. The van der Waals surface area contributed by atoms with Gasteiger partial charge in [-0.3, -0.25) is 9.59 Å². The zero-order valence-corrected chi connectivity index (χ0v) is 18.9. The van der Waals surface area contributed by atoms with Gasteiger partial charge in [-0.2, -0.15) is 0 Å². The average Bonchev–Trinajstić information content (AvgIpc) is 2.78. The maximum Gasteiger partial charge on any atom is 0.255 e. The third-order valence-corrected chi connectivity index (χ3v) is 5.34. The summed E-state index contributed by atoms with van der Waals surface area (Å²) in [6, 6.07) is 12.8. The first-order valence-electron chi connectivity index (χ1n) is 10.4. The van der Waals surface area contributed by atoms with Crippen molar-refractivity contribution in [1.29, 1.82) is 0 Å². The second-order valence-corrected chi connectivity index (χ2v) is 8.60. The van der Waals surface area contributed by atoms with Crippen LogP contribution in [0.4, 0.5) is 11.4 Å². The Morgan fingerprint density at radius 1 is 0.871 bits per heavy atom. The third kappa shape index (κ3) is 5.29. The summed E-state index contributed by atoms with van der Waals surface area (Å²) >= 11 is 0. The summed E-state index contributed by atoms with van der Waals surface area (Å²) in [6.07, 6.45) is 0. The number of hydrogen-bond acceptors (Lipinski definition) is 5. The first-order valence-corrected chi connectivity index (χ1v) is 10.4. The highest BCUT2D eigenvalue weighted by atomic mass is 16.5. The molecule has 3 rings (SSSR count). The number of amides is 2. The molecule has 0 unspecified atom stereocenters. The van der Waals surface area contributed by atoms with Crippen molar-refractivity contribution in [3.63, 3.8) is 0 Å². The van der Waals surface area contributed by atoms with Crippen LogP contribution >= 0.6 is 0 Å². The minimum atomic E-state index is -0.351. The van der Waals surface area contributed by atoms with Crippen LogP contribution in [-0.2, 0) is 4.79 Å². The van der Waals surface area contributed by atoms with E-state index >= 15 is 0 Å². The van der Waals surface area contributed by atoms with E-state index < -0.39 is 0 Å². The molecule has 0 bridgehead atoms. The summed E-state index contributed by atoms with van der Waals surface area (Å²) in [4.78, 5) is 29.2. The molecule has 7 heteroatoms. The van der Waals surface area contributed by atoms with Gasteiger partial charge in [0.05, 0.1) is 14.2 Å². The van der Waals surface area contributed by atoms with Gasteiger partial charge in [-0.25, -0.2) is 0 Å². The maximum atomic E-state index is 12.6. The molecule has 1 heterocycles. The molecular weight excluding hydrogens is 394 g/mol. The van der Waals surface area contributed by atoms with Crippen molar-refractivity contribution in [3.05, 3.63) is 48.0 Å². The minimum Gasteiger partial charge on any atom is -0.493 e. The number of ether oxygens (including phenoxy) is 2. The van der Waals surface area contributed by atoms with Crippen LogP contribution in [0.25, 0.3) is 0 Å². The molecule has 1 aliphatic heterocycles. The van der Waals surface area contributed by atoms with E-state index in [2.05, 4.69) is 10.2 Å². The normalized spacial score (nSPS) is 14.2. The Morgan fingerprint density at radius 2 is 1.48 bits per heavy atom. The highest BCUT2D eigenvalue weighted by Gasteiger charge is 2.29. The molecule has 0 atom stereocenters.